The van der Waals surface area contributed by atoms with Crippen LogP contribution in [-0.2, 0) is 11.0 Å². The molecule has 0 saturated carbocycles. The molecule has 5 nitrogen and oxygen atoms in total. The van der Waals surface area contributed by atoms with Gasteiger partial charge in [0.2, 0.25) is 11.0 Å². The SMILES string of the molecule is CCN(CCC(=O)O)c1nc(C(F)(F)F)ns1. The fraction of sp³-hybridized carbons (Fsp3) is 0.625. The standard InChI is InChI=1S/C8H10F3N3O2S/c1-2-14(4-3-5(15)16)7-12-6(13-17-7)8(9,10)11/h2-4H2,1H3,(H,15,16). The Balaban J connectivity index is 2.76. The van der Waals surface area contributed by atoms with E-state index in [1.807, 2.05) is 0 Å². The maximum absolute atomic E-state index is 12.3. The van der Waals surface area contributed by atoms with E-state index < -0.39 is 18.0 Å². The van der Waals surface area contributed by atoms with Crippen LogP contribution in [-0.4, -0.2) is 33.5 Å². The quantitative estimate of drug-likeness (QED) is 0.883. The molecule has 17 heavy (non-hydrogen) atoms. The van der Waals surface area contributed by atoms with Crippen molar-refractivity contribution in [3.63, 3.8) is 0 Å². The molecule has 0 bridgehead atoms. The molecule has 0 atom stereocenters. The van der Waals surface area contributed by atoms with E-state index in [1.165, 1.54) is 4.90 Å². The number of hydrogen-bond donors (Lipinski definition) is 1. The smallest absolute Gasteiger partial charge is 0.452 e. The molecule has 0 aliphatic carbocycles. The summed E-state index contributed by atoms with van der Waals surface area (Å²) >= 11 is 0.613. The summed E-state index contributed by atoms with van der Waals surface area (Å²) in [6, 6.07) is 0. The number of aliphatic carboxylic acids is 1. The molecule has 0 amide bonds. The van der Waals surface area contributed by atoms with Crippen LogP contribution in [0.1, 0.15) is 19.2 Å². The van der Waals surface area contributed by atoms with E-state index >= 15 is 0 Å². The van der Waals surface area contributed by atoms with Gasteiger partial charge in [-0.1, -0.05) is 0 Å². The minimum atomic E-state index is -4.57. The lowest BCUT2D eigenvalue weighted by molar-refractivity contribution is -0.144. The molecule has 0 fully saturated rings. The summed E-state index contributed by atoms with van der Waals surface area (Å²) in [5.41, 5.74) is 0. The molecular weight excluding hydrogens is 259 g/mol. The van der Waals surface area contributed by atoms with Gasteiger partial charge in [-0.15, -0.1) is 0 Å². The summed E-state index contributed by atoms with van der Waals surface area (Å²) in [6.45, 7) is 2.19. The number of nitrogens with zero attached hydrogens (tertiary/aromatic N) is 3. The van der Waals surface area contributed by atoms with Gasteiger partial charge in [-0.25, -0.2) is 0 Å². The van der Waals surface area contributed by atoms with Crippen molar-refractivity contribution in [1.82, 2.24) is 9.36 Å². The van der Waals surface area contributed by atoms with E-state index in [9.17, 15) is 18.0 Å². The van der Waals surface area contributed by atoms with Gasteiger partial charge in [-0.05, 0) is 6.92 Å². The Bertz CT molecular complexity index is 394. The lowest BCUT2D eigenvalue weighted by Gasteiger charge is -2.17. The number of hydrogen-bond acceptors (Lipinski definition) is 5. The number of carboxylic acid groups (broad SMARTS) is 1. The number of rotatable bonds is 5. The first-order valence-corrected chi connectivity index (χ1v) is 5.49. The van der Waals surface area contributed by atoms with E-state index in [1.54, 1.807) is 6.92 Å². The van der Waals surface area contributed by atoms with E-state index in [0.29, 0.717) is 18.1 Å². The normalized spacial score (nSPS) is 11.5. The molecule has 0 radical (unpaired) electrons. The molecule has 0 aromatic carbocycles. The van der Waals surface area contributed by atoms with Gasteiger partial charge < -0.3 is 10.0 Å². The first-order valence-electron chi connectivity index (χ1n) is 4.72. The Morgan fingerprint density at radius 2 is 2.18 bits per heavy atom. The zero-order valence-electron chi connectivity index (χ0n) is 8.86. The zero-order valence-corrected chi connectivity index (χ0v) is 9.68. The van der Waals surface area contributed by atoms with Gasteiger partial charge in [0.05, 0.1) is 6.42 Å². The van der Waals surface area contributed by atoms with Crippen LogP contribution in [0.3, 0.4) is 0 Å². The number of aromatic nitrogens is 2. The molecule has 9 heteroatoms. The summed E-state index contributed by atoms with van der Waals surface area (Å²) in [6.07, 6.45) is -4.73. The topological polar surface area (TPSA) is 66.3 Å². The first-order chi connectivity index (χ1) is 7.84. The Kier molecular flexibility index (Phi) is 4.27. The van der Waals surface area contributed by atoms with Gasteiger partial charge >= 0.3 is 12.1 Å². The van der Waals surface area contributed by atoms with Crippen LogP contribution >= 0.6 is 11.5 Å². The third-order valence-electron chi connectivity index (χ3n) is 1.92. The second kappa shape index (κ2) is 5.30. The molecule has 96 valence electrons. The maximum Gasteiger partial charge on any atom is 0.452 e. The van der Waals surface area contributed by atoms with Gasteiger partial charge in [-0.2, -0.15) is 22.5 Å². The Labute approximate surface area is 99.1 Å². The number of carbonyl (C=O) groups is 1. The molecule has 0 unspecified atom stereocenters. The highest BCUT2D eigenvalue weighted by atomic mass is 32.1. The molecule has 0 spiro atoms. The summed E-state index contributed by atoms with van der Waals surface area (Å²) < 4.78 is 40.0. The number of halogens is 3. The highest BCUT2D eigenvalue weighted by molar-refractivity contribution is 7.09. The van der Waals surface area contributed by atoms with Crippen molar-refractivity contribution in [1.29, 1.82) is 0 Å². The molecule has 0 aliphatic heterocycles. The maximum atomic E-state index is 12.3. The van der Waals surface area contributed by atoms with Gasteiger partial charge in [0.1, 0.15) is 0 Å². The fourth-order valence-electron chi connectivity index (χ4n) is 1.08. The molecule has 1 N–H and O–H groups in total. The predicted octanol–water partition coefficient (Wildman–Crippen LogP) is 1.86. The zero-order chi connectivity index (χ0) is 13.1. The second-order valence-corrected chi connectivity index (χ2v) is 3.85. The van der Waals surface area contributed by atoms with Crippen LogP contribution in [0.25, 0.3) is 0 Å². The van der Waals surface area contributed by atoms with Gasteiger partial charge in [-0.3, -0.25) is 4.79 Å². The second-order valence-electron chi connectivity index (χ2n) is 3.12. The molecule has 0 saturated heterocycles. The summed E-state index contributed by atoms with van der Waals surface area (Å²) in [7, 11) is 0. The Hall–Kier alpha value is -1.38. The van der Waals surface area contributed by atoms with Crippen molar-refractivity contribution in [3.05, 3.63) is 5.82 Å². The van der Waals surface area contributed by atoms with Crippen molar-refractivity contribution >= 4 is 22.6 Å². The van der Waals surface area contributed by atoms with Crippen LogP contribution in [0.2, 0.25) is 0 Å². The lowest BCUT2D eigenvalue weighted by Crippen LogP contribution is -2.25. The van der Waals surface area contributed by atoms with E-state index in [2.05, 4.69) is 9.36 Å². The summed E-state index contributed by atoms with van der Waals surface area (Å²) in [5, 5.41) is 8.58. The molecule has 0 aliphatic rings. The number of alkyl halides is 3. The van der Waals surface area contributed by atoms with Crippen LogP contribution in [0.5, 0.6) is 0 Å². The van der Waals surface area contributed by atoms with E-state index in [4.69, 9.17) is 5.11 Å². The summed E-state index contributed by atoms with van der Waals surface area (Å²) in [5.74, 6) is -2.20. The van der Waals surface area contributed by atoms with Crippen LogP contribution in [0, 0.1) is 0 Å². The number of anilines is 1. The van der Waals surface area contributed by atoms with Gasteiger partial charge in [0.25, 0.3) is 0 Å². The minimum absolute atomic E-state index is 0.0843. The number of carboxylic acids is 1. The average Bonchev–Trinajstić information content (AvgIpc) is 2.67. The van der Waals surface area contributed by atoms with Gasteiger partial charge in [0, 0.05) is 24.6 Å². The van der Waals surface area contributed by atoms with Crippen molar-refractivity contribution in [2.24, 2.45) is 0 Å². The fourth-order valence-corrected chi connectivity index (χ4v) is 1.85. The Morgan fingerprint density at radius 1 is 1.53 bits per heavy atom. The first kappa shape index (κ1) is 13.7. The summed E-state index contributed by atoms with van der Waals surface area (Å²) in [4.78, 5) is 15.2. The van der Waals surface area contributed by atoms with E-state index in [-0.39, 0.29) is 18.1 Å². The minimum Gasteiger partial charge on any atom is -0.481 e. The van der Waals surface area contributed by atoms with Crippen LogP contribution in [0.4, 0.5) is 18.3 Å². The highest BCUT2D eigenvalue weighted by Gasteiger charge is 2.36. The molecule has 1 rings (SSSR count). The third kappa shape index (κ3) is 3.84. The average molecular weight is 269 g/mol. The Morgan fingerprint density at radius 3 is 2.59 bits per heavy atom. The molecule has 1 aromatic heterocycles. The van der Waals surface area contributed by atoms with E-state index in [0.717, 1.165) is 0 Å². The van der Waals surface area contributed by atoms with Crippen LogP contribution < -0.4 is 4.90 Å². The third-order valence-corrected chi connectivity index (χ3v) is 2.69. The molecular formula is C8H10F3N3O2S. The molecule has 1 heterocycles. The monoisotopic (exact) mass is 269 g/mol. The predicted molar refractivity (Wildman–Crippen MR) is 55.1 cm³/mol. The largest absolute Gasteiger partial charge is 0.481 e. The molecule has 1 aromatic rings. The highest BCUT2D eigenvalue weighted by Crippen LogP contribution is 2.30. The lowest BCUT2D eigenvalue weighted by atomic mass is 10.4. The van der Waals surface area contributed by atoms with Crippen molar-refractivity contribution in [3.8, 4) is 0 Å². The van der Waals surface area contributed by atoms with Crippen LogP contribution in [0.15, 0.2) is 0 Å². The van der Waals surface area contributed by atoms with Crippen molar-refractivity contribution < 1.29 is 23.1 Å². The van der Waals surface area contributed by atoms with Crippen molar-refractivity contribution in [2.45, 2.75) is 19.5 Å². The van der Waals surface area contributed by atoms with Gasteiger partial charge in [0.15, 0.2) is 0 Å². The van der Waals surface area contributed by atoms with Crippen molar-refractivity contribution in [2.75, 3.05) is 18.0 Å².